The highest BCUT2D eigenvalue weighted by atomic mass is 16.1. The molecule has 0 fully saturated rings. The molecular weight excluding hydrogens is 256 g/mol. The van der Waals surface area contributed by atoms with Crippen molar-refractivity contribution in [1.82, 2.24) is 0 Å². The predicted molar refractivity (Wildman–Crippen MR) is 91.8 cm³/mol. The molecule has 118 valence electrons. The number of hydrogen-bond acceptors (Lipinski definition) is 1. The first-order valence-corrected chi connectivity index (χ1v) is 8.89. The van der Waals surface area contributed by atoms with Crippen molar-refractivity contribution in [3.63, 3.8) is 0 Å². The highest BCUT2D eigenvalue weighted by Gasteiger charge is 2.01. The molecule has 0 aromatic heterocycles. The normalized spacial score (nSPS) is 10.7. The van der Waals surface area contributed by atoms with E-state index < -0.39 is 0 Å². The standard InChI is InChI=1S/C20H32O/c1-2-3-4-5-6-7-8-9-10-11-14-19-15-12-13-16-20(19)17-18-21/h12-13,15-16,18H,2-11,14,17H2,1H3. The molecule has 0 radical (unpaired) electrons. The number of aryl methyl sites for hydroxylation is 1. The van der Waals surface area contributed by atoms with E-state index in [1.54, 1.807) is 0 Å². The molecule has 0 spiro atoms. The first-order chi connectivity index (χ1) is 10.4. The molecule has 1 aromatic carbocycles. The van der Waals surface area contributed by atoms with Crippen LogP contribution in [0.3, 0.4) is 0 Å². The van der Waals surface area contributed by atoms with Gasteiger partial charge in [-0.1, -0.05) is 89.0 Å². The lowest BCUT2D eigenvalue weighted by molar-refractivity contribution is -0.107. The summed E-state index contributed by atoms with van der Waals surface area (Å²) in [6, 6.07) is 8.37. The van der Waals surface area contributed by atoms with Crippen LogP contribution in [0.4, 0.5) is 0 Å². The highest BCUT2D eigenvalue weighted by molar-refractivity contribution is 5.56. The van der Waals surface area contributed by atoms with Gasteiger partial charge in [0.2, 0.25) is 0 Å². The highest BCUT2D eigenvalue weighted by Crippen LogP contribution is 2.15. The monoisotopic (exact) mass is 288 g/mol. The van der Waals surface area contributed by atoms with E-state index >= 15 is 0 Å². The Kier molecular flexibility index (Phi) is 10.8. The van der Waals surface area contributed by atoms with Crippen LogP contribution in [0.25, 0.3) is 0 Å². The lowest BCUT2D eigenvalue weighted by Gasteiger charge is -2.07. The molecular formula is C20H32O. The molecule has 0 N–H and O–H groups in total. The number of benzene rings is 1. The maximum Gasteiger partial charge on any atom is 0.124 e. The zero-order valence-electron chi connectivity index (χ0n) is 13.8. The summed E-state index contributed by atoms with van der Waals surface area (Å²) in [5, 5.41) is 0. The fourth-order valence-corrected chi connectivity index (χ4v) is 2.89. The van der Waals surface area contributed by atoms with Crippen molar-refractivity contribution in [2.24, 2.45) is 0 Å². The molecule has 0 amide bonds. The Bertz CT molecular complexity index is 370. The van der Waals surface area contributed by atoms with Gasteiger partial charge in [0.15, 0.2) is 0 Å². The quantitative estimate of drug-likeness (QED) is 0.326. The van der Waals surface area contributed by atoms with Gasteiger partial charge in [0.25, 0.3) is 0 Å². The fraction of sp³-hybridized carbons (Fsp3) is 0.650. The summed E-state index contributed by atoms with van der Waals surface area (Å²) >= 11 is 0. The molecule has 0 aliphatic rings. The van der Waals surface area contributed by atoms with Crippen molar-refractivity contribution in [2.75, 3.05) is 0 Å². The summed E-state index contributed by atoms with van der Waals surface area (Å²) in [6.07, 6.45) is 16.4. The summed E-state index contributed by atoms with van der Waals surface area (Å²) in [6.45, 7) is 2.27. The first kappa shape index (κ1) is 17.9. The molecule has 0 bridgehead atoms. The minimum atomic E-state index is 0.563. The zero-order valence-corrected chi connectivity index (χ0v) is 13.8. The predicted octanol–water partition coefficient (Wildman–Crippen LogP) is 5.89. The van der Waals surface area contributed by atoms with Crippen LogP contribution in [0.1, 0.15) is 82.3 Å². The van der Waals surface area contributed by atoms with Gasteiger partial charge >= 0.3 is 0 Å². The van der Waals surface area contributed by atoms with E-state index in [0.29, 0.717) is 6.42 Å². The van der Waals surface area contributed by atoms with Crippen LogP contribution in [0, 0.1) is 0 Å². The maximum atomic E-state index is 10.7. The Morgan fingerprint density at radius 3 is 1.86 bits per heavy atom. The van der Waals surface area contributed by atoms with Crippen LogP contribution in [-0.4, -0.2) is 6.29 Å². The van der Waals surface area contributed by atoms with Crippen molar-refractivity contribution in [2.45, 2.75) is 84.0 Å². The second-order valence-electron chi connectivity index (χ2n) is 6.07. The summed E-state index contributed by atoms with van der Waals surface area (Å²) in [4.78, 5) is 10.7. The van der Waals surface area contributed by atoms with E-state index in [1.165, 1.54) is 75.3 Å². The lowest BCUT2D eigenvalue weighted by atomic mass is 9.99. The molecule has 0 saturated carbocycles. The Hall–Kier alpha value is -1.11. The van der Waals surface area contributed by atoms with E-state index in [0.717, 1.165) is 12.7 Å². The SMILES string of the molecule is CCCCCCCCCCCCc1ccccc1CC=O. The summed E-state index contributed by atoms with van der Waals surface area (Å²) in [5.74, 6) is 0. The molecule has 0 aliphatic heterocycles. The van der Waals surface area contributed by atoms with Crippen molar-refractivity contribution in [3.8, 4) is 0 Å². The molecule has 1 rings (SSSR count). The molecule has 0 aliphatic carbocycles. The third-order valence-electron chi connectivity index (χ3n) is 4.22. The number of aldehydes is 1. The number of rotatable bonds is 13. The third-order valence-corrected chi connectivity index (χ3v) is 4.22. The van der Waals surface area contributed by atoms with Gasteiger partial charge < -0.3 is 4.79 Å². The van der Waals surface area contributed by atoms with Crippen LogP contribution in [0.15, 0.2) is 24.3 Å². The van der Waals surface area contributed by atoms with Gasteiger partial charge in [-0.25, -0.2) is 0 Å². The van der Waals surface area contributed by atoms with E-state index in [1.807, 2.05) is 6.07 Å². The van der Waals surface area contributed by atoms with Gasteiger partial charge in [-0.15, -0.1) is 0 Å². The van der Waals surface area contributed by atoms with Crippen molar-refractivity contribution >= 4 is 6.29 Å². The molecule has 0 atom stereocenters. The van der Waals surface area contributed by atoms with Crippen LogP contribution in [0.5, 0.6) is 0 Å². The van der Waals surface area contributed by atoms with E-state index in [4.69, 9.17) is 0 Å². The topological polar surface area (TPSA) is 17.1 Å². The molecule has 1 heteroatoms. The summed E-state index contributed by atoms with van der Waals surface area (Å²) in [7, 11) is 0. The molecule has 0 heterocycles. The molecule has 0 unspecified atom stereocenters. The minimum absolute atomic E-state index is 0.563. The molecule has 21 heavy (non-hydrogen) atoms. The summed E-state index contributed by atoms with van der Waals surface area (Å²) in [5.41, 5.74) is 2.58. The Labute approximate surface area is 131 Å². The van der Waals surface area contributed by atoms with Gasteiger partial charge in [-0.2, -0.15) is 0 Å². The van der Waals surface area contributed by atoms with Gasteiger partial charge in [-0.3, -0.25) is 0 Å². The van der Waals surface area contributed by atoms with Gasteiger partial charge in [0.05, 0.1) is 0 Å². The lowest BCUT2D eigenvalue weighted by Crippen LogP contribution is -1.95. The third kappa shape index (κ3) is 8.70. The second-order valence-corrected chi connectivity index (χ2v) is 6.07. The van der Waals surface area contributed by atoms with E-state index in [-0.39, 0.29) is 0 Å². The van der Waals surface area contributed by atoms with Crippen LogP contribution >= 0.6 is 0 Å². The van der Waals surface area contributed by atoms with Gasteiger partial charge in [-0.05, 0) is 24.0 Å². The Balaban J connectivity index is 2.03. The number of carbonyl (C=O) groups is 1. The van der Waals surface area contributed by atoms with Gasteiger partial charge in [0.1, 0.15) is 6.29 Å². The number of carbonyl (C=O) groups excluding carboxylic acids is 1. The molecule has 1 aromatic rings. The summed E-state index contributed by atoms with van der Waals surface area (Å²) < 4.78 is 0. The first-order valence-electron chi connectivity index (χ1n) is 8.89. The molecule has 0 saturated heterocycles. The van der Waals surface area contributed by atoms with Crippen molar-refractivity contribution < 1.29 is 4.79 Å². The fourth-order valence-electron chi connectivity index (χ4n) is 2.89. The maximum absolute atomic E-state index is 10.7. The number of hydrogen-bond donors (Lipinski definition) is 0. The van der Waals surface area contributed by atoms with Crippen LogP contribution < -0.4 is 0 Å². The zero-order chi connectivity index (χ0) is 15.2. The second kappa shape index (κ2) is 12.6. The Morgan fingerprint density at radius 1 is 0.762 bits per heavy atom. The average molecular weight is 288 g/mol. The van der Waals surface area contributed by atoms with Crippen LogP contribution in [0.2, 0.25) is 0 Å². The van der Waals surface area contributed by atoms with Crippen molar-refractivity contribution in [3.05, 3.63) is 35.4 Å². The average Bonchev–Trinajstić information content (AvgIpc) is 2.51. The largest absolute Gasteiger partial charge is 0.303 e. The minimum Gasteiger partial charge on any atom is -0.303 e. The van der Waals surface area contributed by atoms with E-state index in [9.17, 15) is 4.79 Å². The molecule has 1 nitrogen and oxygen atoms in total. The van der Waals surface area contributed by atoms with Crippen LogP contribution in [-0.2, 0) is 17.6 Å². The smallest absolute Gasteiger partial charge is 0.124 e. The number of unbranched alkanes of at least 4 members (excludes halogenated alkanes) is 9. The van der Waals surface area contributed by atoms with E-state index in [2.05, 4.69) is 25.1 Å². The van der Waals surface area contributed by atoms with Gasteiger partial charge in [0, 0.05) is 6.42 Å². The van der Waals surface area contributed by atoms with Crippen molar-refractivity contribution in [1.29, 1.82) is 0 Å². The Morgan fingerprint density at radius 2 is 1.29 bits per heavy atom.